The molecule has 2 aliphatic heterocycles. The van der Waals surface area contributed by atoms with Crippen LogP contribution in [-0.2, 0) is 4.79 Å². The van der Waals surface area contributed by atoms with Crippen molar-refractivity contribution < 1.29 is 4.79 Å². The standard InChI is InChI=1S/C25H31N3O/c1-18-10-12-21(13-11-18)24-16-23(22-9-6-7-19(2)15-22)26-28(24)25(29)17-27-14-5-4-8-20(27)3/h6-7,9-13,15,20,24H,4-5,8,14,16-17H2,1-3H3/t20-,24-/m0/s1. The number of carbonyl (C=O) groups excluding carboxylic acids is 1. The highest BCUT2D eigenvalue weighted by atomic mass is 16.2. The summed E-state index contributed by atoms with van der Waals surface area (Å²) in [5, 5.41) is 6.60. The van der Waals surface area contributed by atoms with E-state index < -0.39 is 0 Å². The Labute approximate surface area is 174 Å². The molecule has 4 nitrogen and oxygen atoms in total. The Hall–Kier alpha value is -2.46. The highest BCUT2D eigenvalue weighted by Crippen LogP contribution is 2.33. The van der Waals surface area contributed by atoms with Crippen molar-refractivity contribution >= 4 is 11.6 Å². The molecule has 1 amide bonds. The Balaban J connectivity index is 1.61. The summed E-state index contributed by atoms with van der Waals surface area (Å²) in [4.78, 5) is 15.6. The zero-order valence-corrected chi connectivity index (χ0v) is 17.8. The fourth-order valence-electron chi connectivity index (χ4n) is 4.43. The van der Waals surface area contributed by atoms with Crippen LogP contribution in [0.15, 0.2) is 53.6 Å². The van der Waals surface area contributed by atoms with Gasteiger partial charge >= 0.3 is 0 Å². The van der Waals surface area contributed by atoms with Gasteiger partial charge in [0.1, 0.15) is 0 Å². The first-order valence-electron chi connectivity index (χ1n) is 10.8. The van der Waals surface area contributed by atoms with Crippen LogP contribution in [0.3, 0.4) is 0 Å². The summed E-state index contributed by atoms with van der Waals surface area (Å²) >= 11 is 0. The number of carbonyl (C=O) groups is 1. The summed E-state index contributed by atoms with van der Waals surface area (Å²) in [5.74, 6) is 0.104. The highest BCUT2D eigenvalue weighted by Gasteiger charge is 2.34. The molecule has 4 heteroatoms. The molecular formula is C25H31N3O. The Kier molecular flexibility index (Phi) is 5.81. The van der Waals surface area contributed by atoms with Crippen molar-refractivity contribution in [2.24, 2.45) is 5.10 Å². The SMILES string of the molecule is Cc1ccc([C@@H]2CC(c3cccc(C)c3)=NN2C(=O)CN2CCCC[C@@H]2C)cc1. The molecule has 0 unspecified atom stereocenters. The summed E-state index contributed by atoms with van der Waals surface area (Å²) < 4.78 is 0. The monoisotopic (exact) mass is 389 g/mol. The quantitative estimate of drug-likeness (QED) is 0.749. The van der Waals surface area contributed by atoms with Crippen LogP contribution in [0.25, 0.3) is 0 Å². The molecule has 0 aromatic heterocycles. The van der Waals surface area contributed by atoms with Crippen molar-refractivity contribution in [2.75, 3.05) is 13.1 Å². The Morgan fingerprint density at radius 3 is 2.59 bits per heavy atom. The number of aryl methyl sites for hydroxylation is 2. The zero-order valence-electron chi connectivity index (χ0n) is 17.8. The van der Waals surface area contributed by atoms with Crippen LogP contribution in [0.2, 0.25) is 0 Å². The molecular weight excluding hydrogens is 358 g/mol. The predicted octanol–water partition coefficient (Wildman–Crippen LogP) is 4.86. The normalized spacial score (nSPS) is 22.6. The van der Waals surface area contributed by atoms with Crippen LogP contribution >= 0.6 is 0 Å². The number of hydrogen-bond acceptors (Lipinski definition) is 3. The van der Waals surface area contributed by atoms with Gasteiger partial charge in [0.2, 0.25) is 0 Å². The minimum atomic E-state index is -0.0290. The number of benzene rings is 2. The molecule has 0 saturated carbocycles. The minimum Gasteiger partial charge on any atom is -0.292 e. The molecule has 1 fully saturated rings. The Bertz CT molecular complexity index is 903. The van der Waals surface area contributed by atoms with E-state index in [2.05, 4.69) is 74.2 Å². The zero-order chi connectivity index (χ0) is 20.4. The van der Waals surface area contributed by atoms with E-state index in [1.54, 1.807) is 5.01 Å². The molecule has 4 rings (SSSR count). The van der Waals surface area contributed by atoms with Gasteiger partial charge < -0.3 is 0 Å². The lowest BCUT2D eigenvalue weighted by atomic mass is 9.97. The number of nitrogens with zero attached hydrogens (tertiary/aromatic N) is 3. The number of rotatable bonds is 4. The minimum absolute atomic E-state index is 0.0290. The van der Waals surface area contributed by atoms with Gasteiger partial charge in [-0.2, -0.15) is 5.10 Å². The van der Waals surface area contributed by atoms with Crippen molar-refractivity contribution in [3.63, 3.8) is 0 Å². The molecule has 0 bridgehead atoms. The third-order valence-electron chi connectivity index (χ3n) is 6.26. The van der Waals surface area contributed by atoms with Gasteiger partial charge in [-0.1, -0.05) is 66.1 Å². The smallest absolute Gasteiger partial charge is 0.257 e. The number of amides is 1. The van der Waals surface area contributed by atoms with E-state index in [0.29, 0.717) is 12.6 Å². The summed E-state index contributed by atoms with van der Waals surface area (Å²) in [6.45, 7) is 7.87. The van der Waals surface area contributed by atoms with Crippen LogP contribution in [0.4, 0.5) is 0 Å². The summed E-state index contributed by atoms with van der Waals surface area (Å²) in [5.41, 5.74) is 5.71. The van der Waals surface area contributed by atoms with Gasteiger partial charge in [-0.15, -0.1) is 0 Å². The fourth-order valence-corrected chi connectivity index (χ4v) is 4.43. The second kappa shape index (κ2) is 8.50. The van der Waals surface area contributed by atoms with Crippen LogP contribution in [-0.4, -0.2) is 40.7 Å². The van der Waals surface area contributed by atoms with Crippen molar-refractivity contribution in [1.29, 1.82) is 0 Å². The van der Waals surface area contributed by atoms with Gasteiger partial charge in [0.15, 0.2) is 0 Å². The van der Waals surface area contributed by atoms with Crippen LogP contribution in [0.5, 0.6) is 0 Å². The summed E-state index contributed by atoms with van der Waals surface area (Å²) in [7, 11) is 0. The average Bonchev–Trinajstić information content (AvgIpc) is 3.16. The van der Waals surface area contributed by atoms with E-state index in [1.165, 1.54) is 30.4 Å². The first-order chi connectivity index (χ1) is 14.0. The van der Waals surface area contributed by atoms with Gasteiger partial charge in [-0.05, 0) is 51.3 Å². The van der Waals surface area contributed by atoms with Crippen molar-refractivity contribution in [3.05, 3.63) is 70.8 Å². The van der Waals surface area contributed by atoms with E-state index in [0.717, 1.165) is 29.8 Å². The van der Waals surface area contributed by atoms with Gasteiger partial charge in [-0.25, -0.2) is 5.01 Å². The van der Waals surface area contributed by atoms with E-state index in [4.69, 9.17) is 5.10 Å². The Morgan fingerprint density at radius 2 is 1.86 bits per heavy atom. The molecule has 2 aliphatic rings. The number of hydrazone groups is 1. The molecule has 2 aromatic rings. The van der Waals surface area contributed by atoms with Crippen molar-refractivity contribution in [1.82, 2.24) is 9.91 Å². The topological polar surface area (TPSA) is 35.9 Å². The highest BCUT2D eigenvalue weighted by molar-refractivity contribution is 6.03. The molecule has 2 heterocycles. The molecule has 0 aliphatic carbocycles. The third kappa shape index (κ3) is 4.43. The van der Waals surface area contributed by atoms with Crippen LogP contribution in [0.1, 0.15) is 60.9 Å². The number of likely N-dealkylation sites (tertiary alicyclic amines) is 1. The molecule has 1 saturated heterocycles. The molecule has 2 atom stereocenters. The van der Waals surface area contributed by atoms with Crippen molar-refractivity contribution in [3.8, 4) is 0 Å². The van der Waals surface area contributed by atoms with Gasteiger partial charge in [0.05, 0.1) is 18.3 Å². The van der Waals surface area contributed by atoms with Crippen LogP contribution in [0, 0.1) is 13.8 Å². The molecule has 2 aromatic carbocycles. The molecule has 0 radical (unpaired) electrons. The first-order valence-corrected chi connectivity index (χ1v) is 10.8. The summed E-state index contributed by atoms with van der Waals surface area (Å²) in [6, 6.07) is 17.4. The molecule has 152 valence electrons. The van der Waals surface area contributed by atoms with E-state index in [9.17, 15) is 4.79 Å². The lowest BCUT2D eigenvalue weighted by Crippen LogP contribution is -2.44. The number of hydrogen-bond donors (Lipinski definition) is 0. The number of piperidine rings is 1. The average molecular weight is 390 g/mol. The third-order valence-corrected chi connectivity index (χ3v) is 6.26. The van der Waals surface area contributed by atoms with Gasteiger partial charge in [0, 0.05) is 12.5 Å². The molecule has 0 spiro atoms. The van der Waals surface area contributed by atoms with Gasteiger partial charge in [-0.3, -0.25) is 9.69 Å². The largest absolute Gasteiger partial charge is 0.292 e. The maximum absolute atomic E-state index is 13.3. The first kappa shape index (κ1) is 19.8. The predicted molar refractivity (Wildman–Crippen MR) is 118 cm³/mol. The molecule has 0 N–H and O–H groups in total. The van der Waals surface area contributed by atoms with E-state index in [-0.39, 0.29) is 11.9 Å². The lowest BCUT2D eigenvalue weighted by molar-refractivity contribution is -0.135. The van der Waals surface area contributed by atoms with E-state index in [1.807, 2.05) is 0 Å². The second-order valence-corrected chi connectivity index (χ2v) is 8.60. The summed E-state index contributed by atoms with van der Waals surface area (Å²) in [6.07, 6.45) is 4.37. The van der Waals surface area contributed by atoms with Crippen molar-refractivity contribution in [2.45, 2.75) is 58.5 Å². The maximum Gasteiger partial charge on any atom is 0.257 e. The van der Waals surface area contributed by atoms with Gasteiger partial charge in [0.25, 0.3) is 5.91 Å². The Morgan fingerprint density at radius 1 is 1.07 bits per heavy atom. The second-order valence-electron chi connectivity index (χ2n) is 8.60. The maximum atomic E-state index is 13.3. The van der Waals surface area contributed by atoms with E-state index >= 15 is 0 Å². The fraction of sp³-hybridized carbons (Fsp3) is 0.440. The molecule has 29 heavy (non-hydrogen) atoms. The lowest BCUT2D eigenvalue weighted by Gasteiger charge is -2.34. The van der Waals surface area contributed by atoms with Crippen LogP contribution < -0.4 is 0 Å².